The molecule has 1 aromatic carbocycles. The number of hydrogen-bond acceptors (Lipinski definition) is 2. The second-order valence-corrected chi connectivity index (χ2v) is 4.26. The van der Waals surface area contributed by atoms with Crippen molar-refractivity contribution < 1.29 is 8.78 Å². The first-order valence-corrected chi connectivity index (χ1v) is 5.59. The van der Waals surface area contributed by atoms with Gasteiger partial charge in [0.05, 0.1) is 16.6 Å². The quantitative estimate of drug-likeness (QED) is 0.707. The molecule has 2 aromatic heterocycles. The predicted octanol–water partition coefficient (Wildman–Crippen LogP) is 2.50. The lowest BCUT2D eigenvalue weighted by atomic mass is 10.2. The monoisotopic (exact) mass is 261 g/mol. The number of nitrogens with one attached hydrogen (secondary N) is 2. The number of imidazole rings is 1. The van der Waals surface area contributed by atoms with E-state index < -0.39 is 11.6 Å². The number of rotatable bonds is 1. The highest BCUT2D eigenvalue weighted by Crippen LogP contribution is 2.20. The molecule has 2 N–H and O–H groups in total. The van der Waals surface area contributed by atoms with Gasteiger partial charge in [-0.25, -0.2) is 13.8 Å². The number of aromatic nitrogens is 3. The molecule has 0 aliphatic rings. The summed E-state index contributed by atoms with van der Waals surface area (Å²) in [6, 6.07) is 3.44. The summed E-state index contributed by atoms with van der Waals surface area (Å²) in [7, 11) is 0. The van der Waals surface area contributed by atoms with Crippen LogP contribution < -0.4 is 5.43 Å². The summed E-state index contributed by atoms with van der Waals surface area (Å²) < 4.78 is 26.2. The maximum atomic E-state index is 13.1. The summed E-state index contributed by atoms with van der Waals surface area (Å²) in [4.78, 5) is 21.6. The minimum atomic E-state index is -0.969. The third kappa shape index (κ3) is 1.91. The van der Waals surface area contributed by atoms with Crippen LogP contribution in [0.25, 0.3) is 22.4 Å². The molecule has 0 radical (unpaired) electrons. The molecule has 0 bridgehead atoms. The zero-order valence-electron chi connectivity index (χ0n) is 9.92. The average molecular weight is 261 g/mol. The Balaban J connectivity index is 2.23. The lowest BCUT2D eigenvalue weighted by Gasteiger charge is -1.96. The fraction of sp³-hybridized carbons (Fsp3) is 0.0769. The van der Waals surface area contributed by atoms with Gasteiger partial charge in [0.2, 0.25) is 0 Å². The van der Waals surface area contributed by atoms with Crippen molar-refractivity contribution in [1.82, 2.24) is 15.0 Å². The molecule has 3 aromatic rings. The molecule has 0 saturated heterocycles. The minimum Gasteiger partial charge on any atom is -0.364 e. The van der Waals surface area contributed by atoms with Crippen LogP contribution >= 0.6 is 0 Å². The van der Waals surface area contributed by atoms with E-state index in [2.05, 4.69) is 15.0 Å². The van der Waals surface area contributed by atoms with Crippen molar-refractivity contribution in [2.24, 2.45) is 0 Å². The number of hydrogen-bond donors (Lipinski definition) is 2. The van der Waals surface area contributed by atoms with E-state index in [-0.39, 0.29) is 16.8 Å². The van der Waals surface area contributed by atoms with Gasteiger partial charge in [0.1, 0.15) is 5.82 Å². The van der Waals surface area contributed by atoms with Gasteiger partial charge in [-0.1, -0.05) is 0 Å². The van der Waals surface area contributed by atoms with Gasteiger partial charge in [-0.15, -0.1) is 0 Å². The molecular weight excluding hydrogens is 252 g/mol. The van der Waals surface area contributed by atoms with Gasteiger partial charge >= 0.3 is 0 Å². The van der Waals surface area contributed by atoms with Crippen molar-refractivity contribution in [3.8, 4) is 11.4 Å². The van der Waals surface area contributed by atoms with Gasteiger partial charge in [0, 0.05) is 30.1 Å². The average Bonchev–Trinajstić information content (AvgIpc) is 2.72. The van der Waals surface area contributed by atoms with E-state index in [0.717, 1.165) is 17.8 Å². The van der Waals surface area contributed by atoms with Crippen molar-refractivity contribution in [3.63, 3.8) is 0 Å². The van der Waals surface area contributed by atoms with Gasteiger partial charge in [0.25, 0.3) is 0 Å². The minimum absolute atomic E-state index is 0.212. The van der Waals surface area contributed by atoms with Crippen LogP contribution in [0.1, 0.15) is 5.69 Å². The van der Waals surface area contributed by atoms with Crippen LogP contribution in [0.5, 0.6) is 0 Å². The Bertz CT molecular complexity index is 797. The third-order valence-corrected chi connectivity index (χ3v) is 2.84. The highest BCUT2D eigenvalue weighted by atomic mass is 19.2. The van der Waals surface area contributed by atoms with Crippen LogP contribution in [0.15, 0.2) is 29.2 Å². The van der Waals surface area contributed by atoms with Gasteiger partial charge < -0.3 is 9.97 Å². The lowest BCUT2D eigenvalue weighted by molar-refractivity contribution is 0.510. The number of H-pyrrole nitrogens is 2. The zero-order chi connectivity index (χ0) is 13.6. The summed E-state index contributed by atoms with van der Waals surface area (Å²) in [6.07, 6.45) is 1.52. The maximum Gasteiger partial charge on any atom is 0.192 e. The third-order valence-electron chi connectivity index (χ3n) is 2.84. The molecule has 2 heterocycles. The SMILES string of the molecule is Cc1cc(=O)c(-c2nc3cc(F)c(F)cc3[nH]2)c[nH]1. The van der Waals surface area contributed by atoms with E-state index in [0.29, 0.717) is 11.1 Å². The molecular formula is C13H9F2N3O. The second-order valence-electron chi connectivity index (χ2n) is 4.26. The number of fused-ring (bicyclic) bond motifs is 1. The molecule has 0 atom stereocenters. The summed E-state index contributed by atoms with van der Waals surface area (Å²) in [5.41, 5.74) is 1.45. The Labute approximate surface area is 106 Å². The molecule has 0 aliphatic carbocycles. The number of pyridine rings is 1. The van der Waals surface area contributed by atoms with Crippen LogP contribution in [0.2, 0.25) is 0 Å². The summed E-state index contributed by atoms with van der Waals surface area (Å²) in [5, 5.41) is 0. The van der Waals surface area contributed by atoms with Crippen molar-refractivity contribution >= 4 is 11.0 Å². The van der Waals surface area contributed by atoms with Crippen molar-refractivity contribution in [2.45, 2.75) is 6.92 Å². The lowest BCUT2D eigenvalue weighted by Crippen LogP contribution is -2.05. The molecule has 4 nitrogen and oxygen atoms in total. The van der Waals surface area contributed by atoms with Crippen LogP contribution in [0.3, 0.4) is 0 Å². The standard InChI is InChI=1S/C13H9F2N3O/c1-6-2-12(19)7(5-16-6)13-17-10-3-8(14)9(15)4-11(10)18-13/h2-5H,1H3,(H,16,19)(H,17,18). The first-order chi connectivity index (χ1) is 9.04. The van der Waals surface area contributed by atoms with Crippen LogP contribution in [0.4, 0.5) is 8.78 Å². The Morgan fingerprint density at radius 1 is 1.16 bits per heavy atom. The largest absolute Gasteiger partial charge is 0.364 e. The van der Waals surface area contributed by atoms with Crippen molar-refractivity contribution in [2.75, 3.05) is 0 Å². The highest BCUT2D eigenvalue weighted by molar-refractivity contribution is 5.79. The van der Waals surface area contributed by atoms with E-state index >= 15 is 0 Å². The first kappa shape index (κ1) is 11.6. The zero-order valence-corrected chi connectivity index (χ0v) is 9.92. The maximum absolute atomic E-state index is 13.1. The number of nitrogens with zero attached hydrogens (tertiary/aromatic N) is 1. The number of halogens is 2. The number of aryl methyl sites for hydroxylation is 1. The van der Waals surface area contributed by atoms with Crippen LogP contribution in [0, 0.1) is 18.6 Å². The van der Waals surface area contributed by atoms with E-state index in [1.807, 2.05) is 0 Å². The number of benzene rings is 1. The van der Waals surface area contributed by atoms with Crippen molar-refractivity contribution in [1.29, 1.82) is 0 Å². The molecule has 96 valence electrons. The Morgan fingerprint density at radius 3 is 2.63 bits per heavy atom. The molecule has 0 aliphatic heterocycles. The normalized spacial score (nSPS) is 11.1. The fourth-order valence-corrected chi connectivity index (χ4v) is 1.89. The topological polar surface area (TPSA) is 61.5 Å². The van der Waals surface area contributed by atoms with Crippen molar-refractivity contribution in [3.05, 3.63) is 51.9 Å². The van der Waals surface area contributed by atoms with Gasteiger partial charge in [-0.3, -0.25) is 4.79 Å². The predicted molar refractivity (Wildman–Crippen MR) is 66.8 cm³/mol. The Morgan fingerprint density at radius 2 is 1.89 bits per heavy atom. The summed E-state index contributed by atoms with van der Waals surface area (Å²) >= 11 is 0. The summed E-state index contributed by atoms with van der Waals surface area (Å²) in [5.74, 6) is -1.65. The molecule has 0 saturated carbocycles. The molecule has 0 amide bonds. The van der Waals surface area contributed by atoms with Gasteiger partial charge in [0.15, 0.2) is 17.1 Å². The van der Waals surface area contributed by atoms with Crippen LogP contribution in [-0.2, 0) is 0 Å². The Kier molecular flexibility index (Phi) is 2.45. The molecule has 0 fully saturated rings. The molecule has 19 heavy (non-hydrogen) atoms. The van der Waals surface area contributed by atoms with Gasteiger partial charge in [-0.2, -0.15) is 0 Å². The first-order valence-electron chi connectivity index (χ1n) is 5.59. The van der Waals surface area contributed by atoms with Crippen LogP contribution in [-0.4, -0.2) is 15.0 Å². The molecule has 3 rings (SSSR count). The summed E-state index contributed by atoms with van der Waals surface area (Å²) in [6.45, 7) is 1.76. The molecule has 6 heteroatoms. The second kappa shape index (κ2) is 4.01. The van der Waals surface area contributed by atoms with Gasteiger partial charge in [-0.05, 0) is 6.92 Å². The fourth-order valence-electron chi connectivity index (χ4n) is 1.89. The molecule has 0 spiro atoms. The molecule has 0 unspecified atom stereocenters. The Hall–Kier alpha value is -2.50. The van der Waals surface area contributed by atoms with E-state index in [4.69, 9.17) is 0 Å². The van der Waals surface area contributed by atoms with E-state index in [1.54, 1.807) is 6.92 Å². The smallest absolute Gasteiger partial charge is 0.192 e. The van der Waals surface area contributed by atoms with E-state index in [1.165, 1.54) is 12.3 Å². The van der Waals surface area contributed by atoms with E-state index in [9.17, 15) is 13.6 Å². The highest BCUT2D eigenvalue weighted by Gasteiger charge is 2.11. The number of aromatic amines is 2.